The molecule has 0 aliphatic heterocycles. The van der Waals surface area contributed by atoms with E-state index < -0.39 is 5.82 Å². The number of ether oxygens (including phenoxy) is 1. The Morgan fingerprint density at radius 1 is 1.50 bits per heavy atom. The highest BCUT2D eigenvalue weighted by atomic mass is 19.1. The van der Waals surface area contributed by atoms with E-state index in [2.05, 4.69) is 4.84 Å². The molecule has 0 amide bonds. The van der Waals surface area contributed by atoms with Crippen LogP contribution in [0.3, 0.4) is 0 Å². The maximum atomic E-state index is 13.0. The monoisotopic (exact) mass is 201 g/mol. The third kappa shape index (κ3) is 2.34. The molecule has 0 saturated carbocycles. The average molecular weight is 201 g/mol. The Hall–Kier alpha value is -1.33. The number of nitrogens with two attached hydrogens (primary N) is 1. The second-order valence-corrected chi connectivity index (χ2v) is 2.74. The normalized spacial score (nSPS) is 10.2. The van der Waals surface area contributed by atoms with Crippen molar-refractivity contribution in [2.24, 2.45) is 5.90 Å². The van der Waals surface area contributed by atoms with Crippen LogP contribution in [0.15, 0.2) is 12.1 Å². The SMILES string of the molecule is COc1cc(CCON)c(O)cc1F. The first-order chi connectivity index (χ1) is 6.69. The molecular formula is C9H12FNO3. The summed E-state index contributed by atoms with van der Waals surface area (Å²) in [5.74, 6) is 4.21. The van der Waals surface area contributed by atoms with Crippen molar-refractivity contribution in [3.63, 3.8) is 0 Å². The first kappa shape index (κ1) is 10.7. The van der Waals surface area contributed by atoms with Gasteiger partial charge in [0.1, 0.15) is 5.75 Å². The maximum Gasteiger partial charge on any atom is 0.168 e. The van der Waals surface area contributed by atoms with Gasteiger partial charge >= 0.3 is 0 Å². The number of methoxy groups -OCH3 is 1. The number of benzene rings is 1. The van der Waals surface area contributed by atoms with Crippen molar-refractivity contribution in [3.8, 4) is 11.5 Å². The molecule has 1 rings (SSSR count). The first-order valence-corrected chi connectivity index (χ1v) is 4.06. The third-order valence-electron chi connectivity index (χ3n) is 1.84. The molecule has 0 spiro atoms. The number of aromatic hydroxyl groups is 1. The number of phenols is 1. The molecule has 3 N–H and O–H groups in total. The zero-order valence-electron chi connectivity index (χ0n) is 7.79. The van der Waals surface area contributed by atoms with Crippen LogP contribution in [-0.2, 0) is 11.3 Å². The lowest BCUT2D eigenvalue weighted by Gasteiger charge is -2.07. The minimum Gasteiger partial charge on any atom is -0.508 e. The van der Waals surface area contributed by atoms with Gasteiger partial charge in [-0.2, -0.15) is 0 Å². The molecular weight excluding hydrogens is 189 g/mol. The van der Waals surface area contributed by atoms with Crippen LogP contribution in [0.5, 0.6) is 11.5 Å². The van der Waals surface area contributed by atoms with E-state index in [1.54, 1.807) is 0 Å². The highest BCUT2D eigenvalue weighted by Gasteiger charge is 2.09. The lowest BCUT2D eigenvalue weighted by molar-refractivity contribution is 0.140. The van der Waals surface area contributed by atoms with E-state index in [4.69, 9.17) is 10.6 Å². The molecule has 0 atom stereocenters. The van der Waals surface area contributed by atoms with E-state index in [1.165, 1.54) is 13.2 Å². The van der Waals surface area contributed by atoms with Gasteiger partial charge in [-0.15, -0.1) is 0 Å². The van der Waals surface area contributed by atoms with E-state index >= 15 is 0 Å². The summed E-state index contributed by atoms with van der Waals surface area (Å²) < 4.78 is 17.8. The van der Waals surface area contributed by atoms with E-state index in [9.17, 15) is 9.50 Å². The summed E-state index contributed by atoms with van der Waals surface area (Å²) in [6.45, 7) is 0.252. The van der Waals surface area contributed by atoms with Crippen LogP contribution < -0.4 is 10.6 Å². The van der Waals surface area contributed by atoms with Gasteiger partial charge in [-0.1, -0.05) is 0 Å². The Morgan fingerprint density at radius 2 is 2.21 bits per heavy atom. The summed E-state index contributed by atoms with van der Waals surface area (Å²) in [7, 11) is 1.36. The zero-order valence-corrected chi connectivity index (χ0v) is 7.79. The predicted octanol–water partition coefficient (Wildman–Crippen LogP) is 0.973. The van der Waals surface area contributed by atoms with Gasteiger partial charge in [-0.3, -0.25) is 0 Å². The Labute approximate surface area is 81.0 Å². The fourth-order valence-corrected chi connectivity index (χ4v) is 1.11. The van der Waals surface area contributed by atoms with Gasteiger partial charge in [0.05, 0.1) is 13.7 Å². The van der Waals surface area contributed by atoms with Gasteiger partial charge in [0, 0.05) is 18.1 Å². The number of hydrogen-bond donors (Lipinski definition) is 2. The van der Waals surface area contributed by atoms with Gasteiger partial charge in [0.2, 0.25) is 0 Å². The average Bonchev–Trinajstić information content (AvgIpc) is 2.17. The summed E-state index contributed by atoms with van der Waals surface area (Å²) in [5, 5.41) is 9.35. The Bertz CT molecular complexity index is 317. The molecule has 0 unspecified atom stereocenters. The van der Waals surface area contributed by atoms with Gasteiger partial charge < -0.3 is 14.7 Å². The molecule has 0 aliphatic rings. The number of halogens is 1. The second-order valence-electron chi connectivity index (χ2n) is 2.74. The summed E-state index contributed by atoms with van der Waals surface area (Å²) in [6.07, 6.45) is 0.402. The van der Waals surface area contributed by atoms with Gasteiger partial charge in [0.25, 0.3) is 0 Å². The second kappa shape index (κ2) is 4.78. The van der Waals surface area contributed by atoms with E-state index in [0.717, 1.165) is 6.07 Å². The van der Waals surface area contributed by atoms with Gasteiger partial charge in [-0.25, -0.2) is 10.3 Å². The quantitative estimate of drug-likeness (QED) is 0.712. The van der Waals surface area contributed by atoms with Crippen LogP contribution in [0.2, 0.25) is 0 Å². The van der Waals surface area contributed by atoms with Crippen LogP contribution in [0, 0.1) is 5.82 Å². The molecule has 4 nitrogen and oxygen atoms in total. The maximum absolute atomic E-state index is 13.0. The van der Waals surface area contributed by atoms with Crippen molar-refractivity contribution >= 4 is 0 Å². The topological polar surface area (TPSA) is 64.7 Å². The summed E-state index contributed by atoms with van der Waals surface area (Å²) in [5.41, 5.74) is 0.536. The Kier molecular flexibility index (Phi) is 3.67. The van der Waals surface area contributed by atoms with E-state index in [0.29, 0.717) is 12.0 Å². The lowest BCUT2D eigenvalue weighted by Crippen LogP contribution is -2.04. The molecule has 1 aromatic carbocycles. The fourth-order valence-electron chi connectivity index (χ4n) is 1.11. The number of hydrogen-bond acceptors (Lipinski definition) is 4. The highest BCUT2D eigenvalue weighted by Crippen LogP contribution is 2.26. The smallest absolute Gasteiger partial charge is 0.168 e. The van der Waals surface area contributed by atoms with Gasteiger partial charge in [-0.05, 0) is 6.07 Å². The van der Waals surface area contributed by atoms with Crippen molar-refractivity contribution in [1.29, 1.82) is 0 Å². The summed E-state index contributed by atoms with van der Waals surface area (Å²) >= 11 is 0. The van der Waals surface area contributed by atoms with Crippen LogP contribution in [0.4, 0.5) is 4.39 Å². The van der Waals surface area contributed by atoms with E-state index in [-0.39, 0.29) is 18.1 Å². The summed E-state index contributed by atoms with van der Waals surface area (Å²) in [4.78, 5) is 4.36. The summed E-state index contributed by atoms with van der Waals surface area (Å²) in [6, 6.07) is 2.42. The molecule has 0 bridgehead atoms. The molecule has 14 heavy (non-hydrogen) atoms. The molecule has 0 saturated heterocycles. The number of rotatable bonds is 4. The minimum absolute atomic E-state index is 0.0924. The van der Waals surface area contributed by atoms with Crippen molar-refractivity contribution in [2.45, 2.75) is 6.42 Å². The van der Waals surface area contributed by atoms with Crippen molar-refractivity contribution in [3.05, 3.63) is 23.5 Å². The van der Waals surface area contributed by atoms with Crippen molar-refractivity contribution in [2.75, 3.05) is 13.7 Å². The van der Waals surface area contributed by atoms with Crippen molar-refractivity contribution in [1.82, 2.24) is 0 Å². The van der Waals surface area contributed by atoms with Crippen LogP contribution in [-0.4, -0.2) is 18.8 Å². The van der Waals surface area contributed by atoms with E-state index in [1.807, 2.05) is 0 Å². The molecule has 0 aliphatic carbocycles. The minimum atomic E-state index is -0.595. The Balaban J connectivity index is 2.92. The molecule has 0 aromatic heterocycles. The zero-order chi connectivity index (χ0) is 10.6. The molecule has 0 fully saturated rings. The lowest BCUT2D eigenvalue weighted by atomic mass is 10.1. The molecule has 0 heterocycles. The molecule has 5 heteroatoms. The third-order valence-corrected chi connectivity index (χ3v) is 1.84. The van der Waals surface area contributed by atoms with Crippen LogP contribution in [0.1, 0.15) is 5.56 Å². The highest BCUT2D eigenvalue weighted by molar-refractivity contribution is 5.40. The van der Waals surface area contributed by atoms with Crippen LogP contribution in [0.25, 0.3) is 0 Å². The standard InChI is InChI=1S/C9H12FNO3/c1-13-9-4-6(2-3-14-11)8(12)5-7(9)10/h4-5,12H,2-3,11H2,1H3. The van der Waals surface area contributed by atoms with Crippen molar-refractivity contribution < 1.29 is 19.1 Å². The predicted molar refractivity (Wildman–Crippen MR) is 48.5 cm³/mol. The first-order valence-electron chi connectivity index (χ1n) is 4.06. The largest absolute Gasteiger partial charge is 0.508 e. The molecule has 78 valence electrons. The molecule has 1 aromatic rings. The fraction of sp³-hybridized carbons (Fsp3) is 0.333. The van der Waals surface area contributed by atoms with Crippen LogP contribution >= 0.6 is 0 Å². The number of phenolic OH excluding ortho intramolecular Hbond substituents is 1. The Morgan fingerprint density at radius 3 is 2.79 bits per heavy atom. The molecule has 0 radical (unpaired) electrons. The van der Waals surface area contributed by atoms with Gasteiger partial charge in [0.15, 0.2) is 11.6 Å².